The van der Waals surface area contributed by atoms with Crippen LogP contribution in [-0.4, -0.2) is 22.1 Å². The second-order valence-corrected chi connectivity index (χ2v) is 8.29. The number of carbonyl (C=O) groups excluding carboxylic acids is 1. The second kappa shape index (κ2) is 9.79. The van der Waals surface area contributed by atoms with Crippen molar-refractivity contribution in [3.05, 3.63) is 94.2 Å². The number of imidazole rings is 1. The zero-order valence-electron chi connectivity index (χ0n) is 17.3. The van der Waals surface area contributed by atoms with Gasteiger partial charge in [0.15, 0.2) is 0 Å². The minimum absolute atomic E-state index is 0.123. The molecule has 1 amide bonds. The molecule has 0 aliphatic rings. The van der Waals surface area contributed by atoms with Crippen molar-refractivity contribution in [1.82, 2.24) is 14.9 Å². The molecule has 0 fully saturated rings. The van der Waals surface area contributed by atoms with Crippen LogP contribution in [0, 0.1) is 6.92 Å². The lowest BCUT2D eigenvalue weighted by Crippen LogP contribution is -2.25. The van der Waals surface area contributed by atoms with Gasteiger partial charge >= 0.3 is 0 Å². The predicted molar refractivity (Wildman–Crippen MR) is 126 cm³/mol. The Labute approximate surface area is 190 Å². The van der Waals surface area contributed by atoms with Crippen LogP contribution in [0.4, 0.5) is 0 Å². The van der Waals surface area contributed by atoms with Crippen LogP contribution in [0.15, 0.2) is 77.3 Å². The summed E-state index contributed by atoms with van der Waals surface area (Å²) < 4.78 is 8.91. The quantitative estimate of drug-likeness (QED) is 0.340. The fourth-order valence-electron chi connectivity index (χ4n) is 3.45. The average Bonchev–Trinajstić information content (AvgIpc) is 3.14. The summed E-state index contributed by atoms with van der Waals surface area (Å²) in [5, 5.41) is 2.99. The molecule has 1 heterocycles. The van der Waals surface area contributed by atoms with Gasteiger partial charge in [0.1, 0.15) is 11.6 Å². The van der Waals surface area contributed by atoms with Crippen molar-refractivity contribution >= 4 is 32.9 Å². The highest BCUT2D eigenvalue weighted by molar-refractivity contribution is 9.10. The van der Waals surface area contributed by atoms with Crippen molar-refractivity contribution in [2.24, 2.45) is 0 Å². The Morgan fingerprint density at radius 2 is 1.87 bits per heavy atom. The number of para-hydroxylation sites is 2. The van der Waals surface area contributed by atoms with Gasteiger partial charge < -0.3 is 14.6 Å². The molecule has 5 nitrogen and oxygen atoms in total. The van der Waals surface area contributed by atoms with Crippen LogP contribution in [0.1, 0.15) is 28.2 Å². The number of aromatic nitrogens is 2. The number of aryl methyl sites for hydroxylation is 2. The van der Waals surface area contributed by atoms with Crippen molar-refractivity contribution < 1.29 is 9.53 Å². The largest absolute Gasteiger partial charge is 0.494 e. The third kappa shape index (κ3) is 5.33. The van der Waals surface area contributed by atoms with E-state index in [9.17, 15) is 4.79 Å². The van der Waals surface area contributed by atoms with Crippen LogP contribution in [-0.2, 0) is 13.1 Å². The normalized spacial score (nSPS) is 10.9. The maximum absolute atomic E-state index is 12.5. The molecule has 0 bridgehead atoms. The molecule has 0 atom stereocenters. The summed E-state index contributed by atoms with van der Waals surface area (Å²) >= 11 is 3.41. The Kier molecular flexibility index (Phi) is 6.67. The van der Waals surface area contributed by atoms with E-state index in [1.807, 2.05) is 54.6 Å². The van der Waals surface area contributed by atoms with Gasteiger partial charge in [-0.3, -0.25) is 4.79 Å². The SMILES string of the molecule is Cc1ccc(OCCCn2c(CNC(=O)c3cccc(Br)c3)nc3ccccc32)cc1. The highest BCUT2D eigenvalue weighted by Gasteiger charge is 2.12. The molecule has 0 aliphatic heterocycles. The first-order chi connectivity index (χ1) is 15.1. The zero-order chi connectivity index (χ0) is 21.6. The summed E-state index contributed by atoms with van der Waals surface area (Å²) in [6, 6.07) is 23.5. The first kappa shape index (κ1) is 21.1. The van der Waals surface area contributed by atoms with E-state index in [1.54, 1.807) is 12.1 Å². The highest BCUT2D eigenvalue weighted by atomic mass is 79.9. The van der Waals surface area contributed by atoms with Crippen molar-refractivity contribution in [3.8, 4) is 5.75 Å². The number of ether oxygens (including phenoxy) is 1. The number of hydrogen-bond donors (Lipinski definition) is 1. The third-order valence-corrected chi connectivity index (χ3v) is 5.54. The van der Waals surface area contributed by atoms with Gasteiger partial charge in [0, 0.05) is 16.6 Å². The van der Waals surface area contributed by atoms with Crippen LogP contribution in [0.5, 0.6) is 5.75 Å². The fourth-order valence-corrected chi connectivity index (χ4v) is 3.85. The van der Waals surface area contributed by atoms with Gasteiger partial charge in [0.2, 0.25) is 0 Å². The number of fused-ring (bicyclic) bond motifs is 1. The maximum atomic E-state index is 12.5. The Bertz CT molecular complexity index is 1190. The Hall–Kier alpha value is -3.12. The molecule has 0 unspecified atom stereocenters. The highest BCUT2D eigenvalue weighted by Crippen LogP contribution is 2.18. The van der Waals surface area contributed by atoms with E-state index in [1.165, 1.54) is 5.56 Å². The van der Waals surface area contributed by atoms with Crippen molar-refractivity contribution in [1.29, 1.82) is 0 Å². The molecule has 158 valence electrons. The van der Waals surface area contributed by atoms with Crippen molar-refractivity contribution in [2.75, 3.05) is 6.61 Å². The molecule has 1 N–H and O–H groups in total. The van der Waals surface area contributed by atoms with E-state index >= 15 is 0 Å². The molecule has 0 saturated heterocycles. The van der Waals surface area contributed by atoms with E-state index in [0.717, 1.165) is 40.0 Å². The molecular weight excluding hydrogens is 454 g/mol. The predicted octanol–water partition coefficient (Wildman–Crippen LogP) is 5.51. The number of nitrogens with zero attached hydrogens (tertiary/aromatic N) is 2. The number of hydrogen-bond acceptors (Lipinski definition) is 3. The van der Waals surface area contributed by atoms with Gasteiger partial charge in [0.25, 0.3) is 5.91 Å². The van der Waals surface area contributed by atoms with Crippen LogP contribution in [0.25, 0.3) is 11.0 Å². The van der Waals surface area contributed by atoms with Gasteiger partial charge in [0.05, 0.1) is 24.2 Å². The molecule has 3 aromatic carbocycles. The van der Waals surface area contributed by atoms with Gasteiger partial charge in [-0.1, -0.05) is 51.8 Å². The summed E-state index contributed by atoms with van der Waals surface area (Å²) in [7, 11) is 0. The van der Waals surface area contributed by atoms with Gasteiger partial charge in [-0.15, -0.1) is 0 Å². The lowest BCUT2D eigenvalue weighted by Gasteiger charge is -2.11. The number of halogens is 1. The summed E-state index contributed by atoms with van der Waals surface area (Å²) in [6.07, 6.45) is 0.834. The summed E-state index contributed by atoms with van der Waals surface area (Å²) in [6.45, 7) is 3.79. The molecular formula is C25H24BrN3O2. The standard InChI is InChI=1S/C25H24BrN3O2/c1-18-10-12-21(13-11-18)31-15-5-14-29-23-9-3-2-8-22(23)28-24(29)17-27-25(30)19-6-4-7-20(26)16-19/h2-4,6-13,16H,5,14-15,17H2,1H3,(H,27,30). The Balaban J connectivity index is 1.42. The Morgan fingerprint density at radius 1 is 1.06 bits per heavy atom. The lowest BCUT2D eigenvalue weighted by molar-refractivity contribution is 0.0949. The first-order valence-electron chi connectivity index (χ1n) is 10.3. The van der Waals surface area contributed by atoms with Crippen LogP contribution in [0.2, 0.25) is 0 Å². The molecule has 6 heteroatoms. The van der Waals surface area contributed by atoms with E-state index < -0.39 is 0 Å². The molecule has 0 aliphatic carbocycles. The number of rotatable bonds is 8. The number of benzene rings is 3. The van der Waals surface area contributed by atoms with E-state index in [4.69, 9.17) is 9.72 Å². The number of amides is 1. The summed E-state index contributed by atoms with van der Waals surface area (Å²) in [4.78, 5) is 17.3. The van der Waals surface area contributed by atoms with E-state index in [-0.39, 0.29) is 5.91 Å². The lowest BCUT2D eigenvalue weighted by atomic mass is 10.2. The fraction of sp³-hybridized carbons (Fsp3) is 0.200. The molecule has 0 saturated carbocycles. The number of carbonyl (C=O) groups is 1. The molecule has 0 radical (unpaired) electrons. The van der Waals surface area contributed by atoms with Crippen LogP contribution in [0.3, 0.4) is 0 Å². The van der Waals surface area contributed by atoms with Gasteiger partial charge in [-0.2, -0.15) is 0 Å². The van der Waals surface area contributed by atoms with Gasteiger partial charge in [-0.25, -0.2) is 4.98 Å². The monoisotopic (exact) mass is 477 g/mol. The van der Waals surface area contributed by atoms with Crippen molar-refractivity contribution in [2.45, 2.75) is 26.4 Å². The van der Waals surface area contributed by atoms with Gasteiger partial charge in [-0.05, 0) is 55.8 Å². The minimum atomic E-state index is -0.123. The second-order valence-electron chi connectivity index (χ2n) is 7.38. The number of nitrogens with one attached hydrogen (secondary N) is 1. The summed E-state index contributed by atoms with van der Waals surface area (Å²) in [5.41, 5.74) is 3.81. The smallest absolute Gasteiger partial charge is 0.251 e. The molecule has 4 rings (SSSR count). The molecule has 0 spiro atoms. The minimum Gasteiger partial charge on any atom is -0.494 e. The Morgan fingerprint density at radius 3 is 2.68 bits per heavy atom. The maximum Gasteiger partial charge on any atom is 0.251 e. The zero-order valence-corrected chi connectivity index (χ0v) is 18.9. The summed E-state index contributed by atoms with van der Waals surface area (Å²) in [5.74, 6) is 1.59. The topological polar surface area (TPSA) is 56.1 Å². The third-order valence-electron chi connectivity index (χ3n) is 5.04. The average molecular weight is 478 g/mol. The van der Waals surface area contributed by atoms with Crippen LogP contribution < -0.4 is 10.1 Å². The molecule has 4 aromatic rings. The van der Waals surface area contributed by atoms with Crippen molar-refractivity contribution in [3.63, 3.8) is 0 Å². The molecule has 31 heavy (non-hydrogen) atoms. The molecule has 1 aromatic heterocycles. The van der Waals surface area contributed by atoms with Crippen LogP contribution >= 0.6 is 15.9 Å². The first-order valence-corrected chi connectivity index (χ1v) is 11.1. The van der Waals surface area contributed by atoms with E-state index in [0.29, 0.717) is 18.7 Å². The van der Waals surface area contributed by atoms with E-state index in [2.05, 4.69) is 38.8 Å².